The molecule has 1 N–H and O–H groups in total. The first-order valence-electron chi connectivity index (χ1n) is 8.48. The standard InChI is InChI=1S/C17H20N4O4S/c1-25-12-4-2-3-11(7-12)21-16(23)14-8-19(5-6-20(14)17(21)24)15(22)13-9-26-10-18-13/h2-4,7,13-14,18H,5-6,8-10H2,1H3/t13-,14+/m0/s1. The Balaban J connectivity index is 1.53. The molecule has 3 heterocycles. The highest BCUT2D eigenvalue weighted by Crippen LogP contribution is 2.30. The number of nitrogens with one attached hydrogen (secondary N) is 1. The summed E-state index contributed by atoms with van der Waals surface area (Å²) in [5.41, 5.74) is 0.487. The van der Waals surface area contributed by atoms with Crippen LogP contribution in [-0.4, -0.2) is 78.1 Å². The number of hydrogen-bond acceptors (Lipinski definition) is 6. The molecular weight excluding hydrogens is 356 g/mol. The summed E-state index contributed by atoms with van der Waals surface area (Å²) in [6.45, 7) is 1.05. The Bertz CT molecular complexity index is 752. The lowest BCUT2D eigenvalue weighted by atomic mass is 10.1. The zero-order valence-electron chi connectivity index (χ0n) is 14.4. The maximum Gasteiger partial charge on any atom is 0.332 e. The van der Waals surface area contributed by atoms with Gasteiger partial charge in [-0.3, -0.25) is 14.9 Å². The largest absolute Gasteiger partial charge is 0.497 e. The molecule has 3 fully saturated rings. The van der Waals surface area contributed by atoms with E-state index in [4.69, 9.17) is 4.74 Å². The van der Waals surface area contributed by atoms with Gasteiger partial charge in [0.1, 0.15) is 11.8 Å². The molecule has 0 bridgehead atoms. The number of hydrogen-bond donors (Lipinski definition) is 1. The van der Waals surface area contributed by atoms with Gasteiger partial charge in [-0.25, -0.2) is 9.69 Å². The number of methoxy groups -OCH3 is 1. The number of thioether (sulfide) groups is 1. The molecule has 1 aromatic rings. The molecule has 0 aliphatic carbocycles. The second kappa shape index (κ2) is 6.81. The Kier molecular flexibility index (Phi) is 4.49. The van der Waals surface area contributed by atoms with Crippen LogP contribution in [0, 0.1) is 0 Å². The van der Waals surface area contributed by atoms with Crippen LogP contribution in [0.2, 0.25) is 0 Å². The minimum absolute atomic E-state index is 0.00901. The Labute approximate surface area is 155 Å². The number of imide groups is 1. The van der Waals surface area contributed by atoms with Crippen molar-refractivity contribution in [3.8, 4) is 5.75 Å². The maximum absolute atomic E-state index is 12.9. The Morgan fingerprint density at radius 2 is 2.15 bits per heavy atom. The Morgan fingerprint density at radius 1 is 1.31 bits per heavy atom. The Hall–Kier alpha value is -2.26. The molecule has 138 valence electrons. The predicted molar refractivity (Wildman–Crippen MR) is 97.2 cm³/mol. The van der Waals surface area contributed by atoms with E-state index in [9.17, 15) is 14.4 Å². The predicted octanol–water partition coefficient (Wildman–Crippen LogP) is 0.337. The molecule has 9 heteroatoms. The van der Waals surface area contributed by atoms with Crippen molar-refractivity contribution >= 4 is 35.3 Å². The lowest BCUT2D eigenvalue weighted by Crippen LogP contribution is -2.57. The first-order valence-corrected chi connectivity index (χ1v) is 9.64. The third kappa shape index (κ3) is 2.80. The van der Waals surface area contributed by atoms with E-state index in [0.29, 0.717) is 24.5 Å². The molecule has 8 nitrogen and oxygen atoms in total. The summed E-state index contributed by atoms with van der Waals surface area (Å²) in [6, 6.07) is 5.71. The normalized spacial score (nSPS) is 25.7. The number of piperazine rings is 1. The first kappa shape index (κ1) is 17.2. The third-order valence-corrected chi connectivity index (χ3v) is 5.90. The summed E-state index contributed by atoms with van der Waals surface area (Å²) >= 11 is 1.69. The highest BCUT2D eigenvalue weighted by molar-refractivity contribution is 7.99. The van der Waals surface area contributed by atoms with Gasteiger partial charge in [0.25, 0.3) is 5.91 Å². The summed E-state index contributed by atoms with van der Waals surface area (Å²) in [7, 11) is 1.54. The molecule has 2 atom stereocenters. The van der Waals surface area contributed by atoms with E-state index in [1.165, 1.54) is 12.0 Å². The summed E-state index contributed by atoms with van der Waals surface area (Å²) < 4.78 is 5.18. The SMILES string of the molecule is COc1cccc(N2C(=O)[C@H]3CN(C(=O)[C@@H]4CSCN4)CCN3C2=O)c1. The van der Waals surface area contributed by atoms with Crippen LogP contribution in [0.5, 0.6) is 5.75 Å². The molecule has 26 heavy (non-hydrogen) atoms. The van der Waals surface area contributed by atoms with Gasteiger partial charge in [-0.1, -0.05) is 6.07 Å². The molecule has 0 unspecified atom stereocenters. The monoisotopic (exact) mass is 376 g/mol. The summed E-state index contributed by atoms with van der Waals surface area (Å²) in [5, 5.41) is 3.16. The van der Waals surface area contributed by atoms with Crippen molar-refractivity contribution in [2.45, 2.75) is 12.1 Å². The zero-order valence-corrected chi connectivity index (χ0v) is 15.2. The molecular formula is C17H20N4O4S. The van der Waals surface area contributed by atoms with Crippen LogP contribution in [0.25, 0.3) is 0 Å². The van der Waals surface area contributed by atoms with Crippen LogP contribution in [0.15, 0.2) is 24.3 Å². The molecule has 1 aromatic carbocycles. The van der Waals surface area contributed by atoms with Crippen LogP contribution in [-0.2, 0) is 9.59 Å². The number of nitrogens with zero attached hydrogens (tertiary/aromatic N) is 3. The van der Waals surface area contributed by atoms with Gasteiger partial charge in [-0.2, -0.15) is 0 Å². The van der Waals surface area contributed by atoms with Gasteiger partial charge in [0.15, 0.2) is 0 Å². The number of benzene rings is 1. The molecule has 0 saturated carbocycles. The van der Waals surface area contributed by atoms with E-state index < -0.39 is 6.04 Å². The molecule has 3 saturated heterocycles. The molecule has 4 amide bonds. The highest BCUT2D eigenvalue weighted by Gasteiger charge is 2.49. The average molecular weight is 376 g/mol. The summed E-state index contributed by atoms with van der Waals surface area (Å²) in [4.78, 5) is 42.7. The number of urea groups is 1. The van der Waals surface area contributed by atoms with Crippen molar-refractivity contribution in [1.82, 2.24) is 15.1 Å². The van der Waals surface area contributed by atoms with E-state index in [0.717, 1.165) is 11.6 Å². The lowest BCUT2D eigenvalue weighted by molar-refractivity contribution is -0.136. The van der Waals surface area contributed by atoms with E-state index in [1.807, 2.05) is 0 Å². The number of anilines is 1. The number of rotatable bonds is 3. The second-order valence-corrected chi connectivity index (χ2v) is 7.45. The maximum atomic E-state index is 12.9. The third-order valence-electron chi connectivity index (χ3n) is 4.96. The fourth-order valence-corrected chi connectivity index (χ4v) is 4.49. The van der Waals surface area contributed by atoms with Gasteiger partial charge in [-0.15, -0.1) is 11.8 Å². The number of carbonyl (C=O) groups excluding carboxylic acids is 3. The summed E-state index contributed by atoms with van der Waals surface area (Å²) in [6.07, 6.45) is 0. The van der Waals surface area contributed by atoms with Crippen LogP contribution in [0.1, 0.15) is 0 Å². The van der Waals surface area contributed by atoms with E-state index in [-0.39, 0.29) is 30.4 Å². The zero-order chi connectivity index (χ0) is 18.3. The van der Waals surface area contributed by atoms with Crippen molar-refractivity contribution in [1.29, 1.82) is 0 Å². The minimum Gasteiger partial charge on any atom is -0.497 e. The molecule has 0 radical (unpaired) electrons. The molecule has 3 aliphatic rings. The van der Waals surface area contributed by atoms with Crippen LogP contribution >= 0.6 is 11.8 Å². The first-order chi connectivity index (χ1) is 12.6. The molecule has 0 aromatic heterocycles. The van der Waals surface area contributed by atoms with Crippen LogP contribution in [0.4, 0.5) is 10.5 Å². The number of ether oxygens (including phenoxy) is 1. The minimum atomic E-state index is -0.625. The van der Waals surface area contributed by atoms with E-state index in [1.54, 1.807) is 45.8 Å². The van der Waals surface area contributed by atoms with Gasteiger partial charge >= 0.3 is 6.03 Å². The van der Waals surface area contributed by atoms with Gasteiger partial charge in [0.2, 0.25) is 5.91 Å². The van der Waals surface area contributed by atoms with Crippen molar-refractivity contribution in [3.05, 3.63) is 24.3 Å². The van der Waals surface area contributed by atoms with Gasteiger partial charge in [0.05, 0.1) is 25.4 Å². The van der Waals surface area contributed by atoms with Crippen LogP contribution < -0.4 is 15.0 Å². The van der Waals surface area contributed by atoms with Crippen LogP contribution in [0.3, 0.4) is 0 Å². The number of amides is 4. The Morgan fingerprint density at radius 3 is 2.88 bits per heavy atom. The lowest BCUT2D eigenvalue weighted by Gasteiger charge is -2.36. The van der Waals surface area contributed by atoms with Gasteiger partial charge < -0.3 is 14.5 Å². The topological polar surface area (TPSA) is 82.2 Å². The fourth-order valence-electron chi connectivity index (χ4n) is 3.56. The number of fused-ring (bicyclic) bond motifs is 1. The molecule has 4 rings (SSSR count). The quantitative estimate of drug-likeness (QED) is 0.766. The van der Waals surface area contributed by atoms with Gasteiger partial charge in [-0.05, 0) is 12.1 Å². The van der Waals surface area contributed by atoms with E-state index >= 15 is 0 Å². The van der Waals surface area contributed by atoms with Crippen molar-refractivity contribution in [2.24, 2.45) is 0 Å². The van der Waals surface area contributed by atoms with Crippen molar-refractivity contribution in [3.63, 3.8) is 0 Å². The van der Waals surface area contributed by atoms with Crippen molar-refractivity contribution < 1.29 is 19.1 Å². The number of carbonyl (C=O) groups is 3. The van der Waals surface area contributed by atoms with E-state index in [2.05, 4.69) is 5.32 Å². The highest BCUT2D eigenvalue weighted by atomic mass is 32.2. The molecule has 0 spiro atoms. The smallest absolute Gasteiger partial charge is 0.332 e. The summed E-state index contributed by atoms with van der Waals surface area (Å²) in [5.74, 6) is 1.80. The fraction of sp³-hybridized carbons (Fsp3) is 0.471. The average Bonchev–Trinajstić information content (AvgIpc) is 3.29. The second-order valence-electron chi connectivity index (χ2n) is 6.42. The van der Waals surface area contributed by atoms with Crippen molar-refractivity contribution in [2.75, 3.05) is 43.3 Å². The molecule has 3 aliphatic heterocycles. The van der Waals surface area contributed by atoms with Gasteiger partial charge in [0, 0.05) is 30.8 Å².